The van der Waals surface area contributed by atoms with Gasteiger partial charge in [0.25, 0.3) is 0 Å². The molecule has 10 nitrogen and oxygen atoms in total. The monoisotopic (exact) mass is 1250 g/mol. The van der Waals surface area contributed by atoms with Gasteiger partial charge in [0.15, 0.2) is 0 Å². The van der Waals surface area contributed by atoms with Crippen LogP contribution in [0.1, 0.15) is 97.4 Å². The summed E-state index contributed by atoms with van der Waals surface area (Å²) in [6.45, 7) is 12.9. The van der Waals surface area contributed by atoms with Crippen LogP contribution in [0, 0.1) is 13.8 Å². The zero-order chi connectivity index (χ0) is 56.2. The van der Waals surface area contributed by atoms with E-state index >= 15 is 0 Å². The summed E-state index contributed by atoms with van der Waals surface area (Å²) < 4.78 is 3.41. The van der Waals surface area contributed by atoms with Crippen molar-refractivity contribution in [3.63, 3.8) is 0 Å². The molecule has 0 aliphatic carbocycles. The summed E-state index contributed by atoms with van der Waals surface area (Å²) >= 11 is 0. The normalized spacial score (nSPS) is 12.9. The standard InChI is InChI=1S/C68H86N8O2.4ClH.Zn/c1-43-49(29-21-37-73(5,6)7)55-41-56-51(31-23-39-75(11,12)13)45(3)67(71-56)64(62-54-28-20-18-26-48(54)34-36-60(62)78)68-46(4)52(32-24-40-76(14,15)16)58(72-68)42-57-50(30-22-38-74(8,9)10)44(2)66(70-57)63(65(43)69-55)61-53-27-19-17-25-47(53)33-35-59(61)77;;;;;/h17-20,25-28,33-36,41-42H,21-24,29-32,37-40H2,1-16H3;4*1H;/q;;;;;+2/p-2. The van der Waals surface area contributed by atoms with Crippen molar-refractivity contribution in [2.24, 2.45) is 0 Å². The predicted octanol–water partition coefficient (Wildman–Crippen LogP) is 1.37. The maximum atomic E-state index is 12.4. The molecule has 2 aliphatic rings. The van der Waals surface area contributed by atoms with Gasteiger partial charge in [0, 0.05) is 36.8 Å². The van der Waals surface area contributed by atoms with E-state index in [9.17, 15) is 10.2 Å². The second-order valence-electron chi connectivity index (χ2n) is 26.7. The van der Waals surface area contributed by atoms with E-state index in [0.29, 0.717) is 0 Å². The zero-order valence-electron chi connectivity index (χ0n) is 52.3. The number of phenolic OH excluding ortho intramolecular Hbond substituents is 2. The molecule has 0 radical (unpaired) electrons. The first-order valence-corrected chi connectivity index (χ1v) is 28.4. The zero-order valence-corrected chi connectivity index (χ0v) is 58.3. The Kier molecular flexibility index (Phi) is 23.6. The van der Waals surface area contributed by atoms with E-state index in [1.54, 1.807) is 0 Å². The number of rotatable bonds is 18. The van der Waals surface area contributed by atoms with Crippen LogP contribution in [0.3, 0.4) is 0 Å². The molecule has 0 atom stereocenters. The van der Waals surface area contributed by atoms with Crippen LogP contribution in [-0.2, 0) is 32.3 Å². The molecule has 0 spiro atoms. The van der Waals surface area contributed by atoms with Crippen LogP contribution < -0.4 is 59.6 Å². The van der Waals surface area contributed by atoms with Crippen molar-refractivity contribution in [3.05, 3.63) is 130 Å². The largest absolute Gasteiger partial charge is 2.00 e. The Morgan fingerprint density at radius 2 is 0.723 bits per heavy atom. The Morgan fingerprint density at radius 1 is 0.410 bits per heavy atom. The minimum atomic E-state index is 0. The molecular formula is C68H88Cl4N8O2Zn. The van der Waals surface area contributed by atoms with Crippen LogP contribution in [0.2, 0.25) is 0 Å². The molecule has 0 amide bonds. The molecule has 2 N–H and O–H groups in total. The average molecular weight is 1260 g/mol. The molecule has 4 aromatic carbocycles. The smallest absolute Gasteiger partial charge is 1.00 e. The summed E-state index contributed by atoms with van der Waals surface area (Å²) in [5, 5.41) is 28.8. The Balaban J connectivity index is 0.00000296. The van der Waals surface area contributed by atoms with Gasteiger partial charge < -0.3 is 87.7 Å². The summed E-state index contributed by atoms with van der Waals surface area (Å²) in [4.78, 5) is 23.4. The van der Waals surface area contributed by atoms with Crippen LogP contribution in [0.4, 0.5) is 0 Å². The summed E-state index contributed by atoms with van der Waals surface area (Å²) in [6, 6.07) is 29.0. The van der Waals surface area contributed by atoms with E-state index in [0.717, 1.165) is 206 Å². The molecule has 9 rings (SSSR count). The van der Waals surface area contributed by atoms with E-state index in [1.165, 1.54) is 22.3 Å². The number of quaternary nitrogens is 4. The number of halogens is 4. The Morgan fingerprint density at radius 3 is 1.05 bits per heavy atom. The molecule has 0 saturated heterocycles. The number of aromatic nitrogens is 4. The third kappa shape index (κ3) is 15.6. The quantitative estimate of drug-likeness (QED) is 0.0998. The van der Waals surface area contributed by atoms with Crippen molar-refractivity contribution in [1.82, 2.24) is 19.9 Å². The first-order valence-electron chi connectivity index (χ1n) is 28.4. The molecular weight excluding hydrogens is 1170 g/mol. The number of fused-ring (bicyclic) bond motifs is 10. The van der Waals surface area contributed by atoms with Crippen molar-refractivity contribution < 1.29 is 97.3 Å². The van der Waals surface area contributed by atoms with E-state index in [-0.39, 0.29) is 80.6 Å². The summed E-state index contributed by atoms with van der Waals surface area (Å²) in [6.07, 6.45) is 7.12. The van der Waals surface area contributed by atoms with Gasteiger partial charge in [0.05, 0.1) is 134 Å². The molecule has 3 aromatic heterocycles. The fourth-order valence-electron chi connectivity index (χ4n) is 12.1. The third-order valence-corrected chi connectivity index (χ3v) is 16.2. The third-order valence-electron chi connectivity index (χ3n) is 16.2. The van der Waals surface area contributed by atoms with Crippen molar-refractivity contribution in [2.75, 3.05) is 111 Å². The van der Waals surface area contributed by atoms with E-state index < -0.39 is 0 Å². The maximum absolute atomic E-state index is 12.4. The second-order valence-corrected chi connectivity index (χ2v) is 26.7. The van der Waals surface area contributed by atoms with Crippen LogP contribution >= 0.6 is 0 Å². The van der Waals surface area contributed by atoms with E-state index in [1.807, 2.05) is 24.3 Å². The van der Waals surface area contributed by atoms with Gasteiger partial charge in [0.1, 0.15) is 11.5 Å². The SMILES string of the molecule is CC1=C(CCC[N+](C)(C)C)c2cc3[n-]c(c(C)c3CCC[N+](C)(C)C)c(-c3c(O)ccc4ccccc34)c3nc(cc4[n-]c(c(C)c4CCC[N+](C)(C)C)c(-c4c(O)ccc5ccccc45)c1n2)C(CCC[N+](C)(C)C)=C3C.[Cl-].[Cl-].[Cl-].[Cl-].[Zn+2]. The van der Waals surface area contributed by atoms with E-state index in [2.05, 4.69) is 173 Å². The van der Waals surface area contributed by atoms with Gasteiger partial charge in [-0.05, 0) is 120 Å². The number of hydrogen-bond acceptors (Lipinski definition) is 4. The van der Waals surface area contributed by atoms with Crippen molar-refractivity contribution >= 4 is 65.9 Å². The number of aromatic hydroxyl groups is 2. The Bertz CT molecular complexity index is 3480. The van der Waals surface area contributed by atoms with Crippen molar-refractivity contribution in [1.29, 1.82) is 0 Å². The molecule has 83 heavy (non-hydrogen) atoms. The van der Waals surface area contributed by atoms with Gasteiger partial charge >= 0.3 is 19.5 Å². The second kappa shape index (κ2) is 27.7. The molecule has 0 unspecified atom stereocenters. The van der Waals surface area contributed by atoms with Gasteiger partial charge in [-0.2, -0.15) is 0 Å². The first-order chi connectivity index (χ1) is 36.7. The molecule has 0 saturated carbocycles. The van der Waals surface area contributed by atoms with Crippen LogP contribution in [-0.4, -0.2) is 149 Å². The number of nitrogens with zero attached hydrogens (tertiary/aromatic N) is 8. The molecule has 7 aromatic rings. The molecule has 15 heteroatoms. The van der Waals surface area contributed by atoms with Gasteiger partial charge in [0.2, 0.25) is 0 Å². The van der Waals surface area contributed by atoms with E-state index in [4.69, 9.17) is 19.9 Å². The van der Waals surface area contributed by atoms with Crippen LogP contribution in [0.5, 0.6) is 11.5 Å². The Hall–Kier alpha value is -4.78. The Labute approximate surface area is 532 Å². The fourth-order valence-corrected chi connectivity index (χ4v) is 12.1. The topological polar surface area (TPSA) is 94.4 Å². The van der Waals surface area contributed by atoms with Crippen molar-refractivity contribution in [3.8, 4) is 33.8 Å². The van der Waals surface area contributed by atoms with Gasteiger partial charge in [-0.15, -0.1) is 22.1 Å². The summed E-state index contributed by atoms with van der Waals surface area (Å²) in [5.41, 5.74) is 19.2. The average Bonchev–Trinajstić information content (AvgIpc) is 4.06. The predicted molar refractivity (Wildman–Crippen MR) is 329 cm³/mol. The molecule has 442 valence electrons. The minimum Gasteiger partial charge on any atom is -1.00 e. The fraction of sp³-hybridized carbons (Fsp3) is 0.412. The molecule has 2 aliphatic heterocycles. The summed E-state index contributed by atoms with van der Waals surface area (Å²) in [7, 11) is 27.1. The number of aryl methyl sites for hydroxylation is 4. The number of phenols is 2. The maximum Gasteiger partial charge on any atom is 2.00 e. The van der Waals surface area contributed by atoms with Crippen molar-refractivity contribution in [2.45, 2.75) is 79.1 Å². The van der Waals surface area contributed by atoms with Crippen LogP contribution in [0.15, 0.2) is 84.9 Å². The number of allylic oxidation sites excluding steroid dienone is 4. The number of hydrogen-bond donors (Lipinski definition) is 2. The number of benzene rings is 4. The molecule has 0 fully saturated rings. The first kappa shape index (κ1) is 70.7. The molecule has 8 bridgehead atoms. The van der Waals surface area contributed by atoms with Crippen LogP contribution in [0.25, 0.3) is 88.2 Å². The van der Waals surface area contributed by atoms with Gasteiger partial charge in [-0.1, -0.05) is 95.1 Å². The summed E-state index contributed by atoms with van der Waals surface area (Å²) in [5.74, 6) is 0.402. The molecule has 5 heterocycles. The van der Waals surface area contributed by atoms with Gasteiger partial charge in [-0.3, -0.25) is 0 Å². The van der Waals surface area contributed by atoms with Gasteiger partial charge in [-0.25, -0.2) is 9.97 Å². The minimum absolute atomic E-state index is 0.